The molecule has 1 aromatic heterocycles. The topological polar surface area (TPSA) is 67.8 Å². The van der Waals surface area contributed by atoms with E-state index >= 15 is 0 Å². The van der Waals surface area contributed by atoms with Crippen LogP contribution in [0.4, 0.5) is 0 Å². The molecule has 1 atom stereocenters. The zero-order chi connectivity index (χ0) is 17.0. The fourth-order valence-corrected chi connectivity index (χ4v) is 2.48. The van der Waals surface area contributed by atoms with Crippen LogP contribution in [0.5, 0.6) is 0 Å². The molecule has 6 nitrogen and oxygen atoms in total. The Morgan fingerprint density at radius 1 is 1.46 bits per heavy atom. The zero-order valence-corrected chi connectivity index (χ0v) is 15.0. The molecule has 1 fully saturated rings. The first kappa shape index (κ1) is 19.0. The van der Waals surface area contributed by atoms with E-state index in [0.717, 1.165) is 70.2 Å². The minimum absolute atomic E-state index is 0.272. The summed E-state index contributed by atoms with van der Waals surface area (Å²) < 4.78 is 11.0. The van der Waals surface area contributed by atoms with E-state index in [0.29, 0.717) is 5.15 Å². The van der Waals surface area contributed by atoms with Crippen LogP contribution in [0.15, 0.2) is 23.3 Å². The summed E-state index contributed by atoms with van der Waals surface area (Å²) in [5, 5.41) is 7.11. The van der Waals surface area contributed by atoms with Crippen molar-refractivity contribution >= 4 is 17.6 Å². The lowest BCUT2D eigenvalue weighted by molar-refractivity contribution is 0.0424. The second kappa shape index (κ2) is 11.2. The van der Waals surface area contributed by atoms with E-state index in [9.17, 15) is 0 Å². The molecule has 2 N–H and O–H groups in total. The van der Waals surface area contributed by atoms with Gasteiger partial charge in [-0.2, -0.15) is 0 Å². The molecule has 24 heavy (non-hydrogen) atoms. The summed E-state index contributed by atoms with van der Waals surface area (Å²) >= 11 is 5.79. The number of hydrogen-bond acceptors (Lipinski definition) is 4. The Kier molecular flexibility index (Phi) is 8.87. The van der Waals surface area contributed by atoms with Crippen LogP contribution in [0.1, 0.15) is 25.3 Å². The monoisotopic (exact) mass is 354 g/mol. The molecule has 0 aliphatic carbocycles. The summed E-state index contributed by atoms with van der Waals surface area (Å²) in [4.78, 5) is 8.65. The van der Waals surface area contributed by atoms with Gasteiger partial charge in [0, 0.05) is 39.0 Å². The molecule has 2 heterocycles. The Morgan fingerprint density at radius 2 is 2.38 bits per heavy atom. The number of guanidine groups is 1. The van der Waals surface area contributed by atoms with Crippen LogP contribution in [0.2, 0.25) is 5.15 Å². The van der Waals surface area contributed by atoms with E-state index < -0.39 is 0 Å². The van der Waals surface area contributed by atoms with Crippen molar-refractivity contribution in [1.29, 1.82) is 0 Å². The first-order valence-corrected chi connectivity index (χ1v) is 8.97. The summed E-state index contributed by atoms with van der Waals surface area (Å²) in [5.74, 6) is 0.837. The molecule has 7 heteroatoms. The van der Waals surface area contributed by atoms with Crippen LogP contribution in [0.25, 0.3) is 0 Å². The molecule has 1 aliphatic heterocycles. The van der Waals surface area contributed by atoms with Crippen LogP contribution in [-0.4, -0.2) is 56.5 Å². The molecular formula is C17H27ClN4O2. The lowest BCUT2D eigenvalue weighted by atomic mass is 10.2. The molecule has 0 radical (unpaired) electrons. The summed E-state index contributed by atoms with van der Waals surface area (Å²) in [6.45, 7) is 6.71. The third-order valence-electron chi connectivity index (χ3n) is 3.65. The predicted molar refractivity (Wildman–Crippen MR) is 96.7 cm³/mol. The average molecular weight is 355 g/mol. The highest BCUT2D eigenvalue weighted by molar-refractivity contribution is 6.29. The number of nitrogens with zero attached hydrogens (tertiary/aromatic N) is 2. The number of halogens is 1. The minimum atomic E-state index is 0.272. The third kappa shape index (κ3) is 7.47. The summed E-state index contributed by atoms with van der Waals surface area (Å²) in [6, 6.07) is 3.80. The van der Waals surface area contributed by atoms with Gasteiger partial charge in [0.2, 0.25) is 0 Å². The van der Waals surface area contributed by atoms with E-state index in [1.54, 1.807) is 6.20 Å². The summed E-state index contributed by atoms with van der Waals surface area (Å²) in [7, 11) is 0. The fraction of sp³-hybridized carbons (Fsp3) is 0.647. The van der Waals surface area contributed by atoms with Crippen molar-refractivity contribution in [2.24, 2.45) is 4.99 Å². The molecule has 1 saturated heterocycles. The first-order valence-electron chi connectivity index (χ1n) is 8.60. The van der Waals surface area contributed by atoms with Crippen LogP contribution in [0.3, 0.4) is 0 Å². The largest absolute Gasteiger partial charge is 0.379 e. The number of rotatable bonds is 9. The number of hydrogen-bond donors (Lipinski definition) is 2. The van der Waals surface area contributed by atoms with E-state index in [4.69, 9.17) is 21.1 Å². The maximum absolute atomic E-state index is 5.79. The first-order chi connectivity index (χ1) is 11.8. The zero-order valence-electron chi connectivity index (χ0n) is 14.3. The van der Waals surface area contributed by atoms with Gasteiger partial charge in [-0.25, -0.2) is 4.98 Å². The van der Waals surface area contributed by atoms with Crippen molar-refractivity contribution in [2.75, 3.05) is 39.5 Å². The van der Waals surface area contributed by atoms with Gasteiger partial charge >= 0.3 is 0 Å². The van der Waals surface area contributed by atoms with Gasteiger partial charge in [0.25, 0.3) is 0 Å². The number of nitrogens with one attached hydrogen (secondary N) is 2. The van der Waals surface area contributed by atoms with Crippen LogP contribution in [0, 0.1) is 0 Å². The second-order valence-electron chi connectivity index (χ2n) is 5.64. The molecule has 0 amide bonds. The maximum atomic E-state index is 5.79. The Bertz CT molecular complexity index is 490. The second-order valence-corrected chi connectivity index (χ2v) is 6.02. The molecule has 0 bridgehead atoms. The molecule has 1 aromatic rings. The van der Waals surface area contributed by atoms with Crippen molar-refractivity contribution in [3.05, 3.63) is 29.0 Å². The lowest BCUT2D eigenvalue weighted by Crippen LogP contribution is -2.38. The molecular weight excluding hydrogens is 328 g/mol. The van der Waals surface area contributed by atoms with Crippen molar-refractivity contribution < 1.29 is 9.47 Å². The molecule has 1 aliphatic rings. The number of aliphatic imine (C=N–C) groups is 1. The van der Waals surface area contributed by atoms with Crippen molar-refractivity contribution in [2.45, 2.75) is 32.3 Å². The van der Waals surface area contributed by atoms with E-state index in [1.807, 2.05) is 12.1 Å². The van der Waals surface area contributed by atoms with Crippen molar-refractivity contribution in [3.8, 4) is 0 Å². The number of pyridine rings is 1. The Labute approximate surface area is 149 Å². The fourth-order valence-electron chi connectivity index (χ4n) is 2.37. The van der Waals surface area contributed by atoms with Crippen molar-refractivity contribution in [3.63, 3.8) is 0 Å². The standard InChI is InChI=1S/C17H27ClN4O2/c1-2-19-17(20-8-3-10-24-15-7-11-23-13-15)21-9-6-14-4-5-16(18)22-12-14/h4-5,12,15H,2-3,6-11,13H2,1H3,(H2,19,20,21). The predicted octanol–water partition coefficient (Wildman–Crippen LogP) is 2.03. The van der Waals surface area contributed by atoms with Gasteiger partial charge in [-0.05, 0) is 37.8 Å². The van der Waals surface area contributed by atoms with Gasteiger partial charge < -0.3 is 20.1 Å². The minimum Gasteiger partial charge on any atom is -0.379 e. The molecule has 0 aromatic carbocycles. The van der Waals surface area contributed by atoms with Crippen molar-refractivity contribution in [1.82, 2.24) is 15.6 Å². The number of ether oxygens (including phenoxy) is 2. The van der Waals surface area contributed by atoms with Crippen LogP contribution >= 0.6 is 11.6 Å². The highest BCUT2D eigenvalue weighted by Crippen LogP contribution is 2.08. The van der Waals surface area contributed by atoms with Gasteiger partial charge in [-0.1, -0.05) is 17.7 Å². The summed E-state index contributed by atoms with van der Waals surface area (Å²) in [5.41, 5.74) is 1.15. The van der Waals surface area contributed by atoms with E-state index in [2.05, 4.69) is 27.5 Å². The molecule has 1 unspecified atom stereocenters. The average Bonchev–Trinajstić information content (AvgIpc) is 3.10. The van der Waals surface area contributed by atoms with Gasteiger partial charge in [-0.3, -0.25) is 4.99 Å². The third-order valence-corrected chi connectivity index (χ3v) is 3.88. The normalized spacial score (nSPS) is 17.9. The number of aromatic nitrogens is 1. The smallest absolute Gasteiger partial charge is 0.191 e. The van der Waals surface area contributed by atoms with E-state index in [1.165, 1.54) is 0 Å². The molecule has 0 spiro atoms. The Balaban J connectivity index is 1.63. The highest BCUT2D eigenvalue weighted by Gasteiger charge is 2.15. The lowest BCUT2D eigenvalue weighted by Gasteiger charge is -2.12. The van der Waals surface area contributed by atoms with E-state index in [-0.39, 0.29) is 6.10 Å². The Morgan fingerprint density at radius 3 is 3.08 bits per heavy atom. The highest BCUT2D eigenvalue weighted by atomic mass is 35.5. The molecule has 2 rings (SSSR count). The summed E-state index contributed by atoms with van der Waals surface area (Å²) in [6.07, 6.45) is 4.87. The molecule has 134 valence electrons. The van der Waals surface area contributed by atoms with Gasteiger partial charge in [0.05, 0.1) is 12.7 Å². The quantitative estimate of drug-likeness (QED) is 0.307. The van der Waals surface area contributed by atoms with Gasteiger partial charge in [0.15, 0.2) is 5.96 Å². The van der Waals surface area contributed by atoms with Crippen LogP contribution in [-0.2, 0) is 15.9 Å². The van der Waals surface area contributed by atoms with Crippen LogP contribution < -0.4 is 10.6 Å². The SMILES string of the molecule is CCNC(=NCCCOC1CCOC1)NCCc1ccc(Cl)nc1. The van der Waals surface area contributed by atoms with Gasteiger partial charge in [0.1, 0.15) is 5.15 Å². The molecule has 0 saturated carbocycles. The maximum Gasteiger partial charge on any atom is 0.191 e. The Hall–Kier alpha value is -1.37. The van der Waals surface area contributed by atoms with Gasteiger partial charge in [-0.15, -0.1) is 0 Å².